The van der Waals surface area contributed by atoms with Crippen molar-refractivity contribution < 1.29 is 4.79 Å². The number of nitrogens with one attached hydrogen (secondary N) is 1. The Kier molecular flexibility index (Phi) is 3.06. The van der Waals surface area contributed by atoms with Crippen LogP contribution in [0.1, 0.15) is 10.4 Å². The van der Waals surface area contributed by atoms with Crippen LogP contribution in [0.15, 0.2) is 54.6 Å². The van der Waals surface area contributed by atoms with Gasteiger partial charge >= 0.3 is 0 Å². The summed E-state index contributed by atoms with van der Waals surface area (Å²) in [4.78, 5) is 11.9. The van der Waals surface area contributed by atoms with Gasteiger partial charge in [0.05, 0.1) is 0 Å². The maximum atomic E-state index is 11.9. The van der Waals surface area contributed by atoms with E-state index in [0.717, 1.165) is 11.2 Å². The second kappa shape index (κ2) is 4.66. The fraction of sp³-hybridized carbons (Fsp3) is 0. The lowest BCUT2D eigenvalue weighted by Gasteiger charge is -2.05. The third kappa shape index (κ3) is 2.51. The number of amides is 1. The number of hydrogen-bond donors (Lipinski definition) is 1. The van der Waals surface area contributed by atoms with E-state index in [9.17, 15) is 4.79 Å². The van der Waals surface area contributed by atoms with E-state index in [-0.39, 0.29) is 5.91 Å². The summed E-state index contributed by atoms with van der Waals surface area (Å²) in [5.74, 6) is -0.0742. The molecule has 0 aromatic heterocycles. The van der Waals surface area contributed by atoms with Gasteiger partial charge in [-0.2, -0.15) is 0 Å². The van der Waals surface area contributed by atoms with Crippen molar-refractivity contribution in [2.75, 3.05) is 5.32 Å². The summed E-state index contributed by atoms with van der Waals surface area (Å²) in [7, 11) is 1.97. The molecule has 2 aromatic rings. The molecular weight excluding hydrogens is 197 g/mol. The maximum absolute atomic E-state index is 11.9. The Morgan fingerprint density at radius 1 is 1.00 bits per heavy atom. The molecule has 3 heteroatoms. The van der Waals surface area contributed by atoms with E-state index in [1.54, 1.807) is 0 Å². The molecule has 0 saturated carbocycles. The predicted octanol–water partition coefficient (Wildman–Crippen LogP) is 1.20. The summed E-state index contributed by atoms with van der Waals surface area (Å²) in [6.45, 7) is 0. The molecule has 16 heavy (non-hydrogen) atoms. The number of benzene rings is 2. The minimum Gasteiger partial charge on any atom is -0.322 e. The molecule has 0 bridgehead atoms. The zero-order valence-electron chi connectivity index (χ0n) is 9.10. The molecule has 0 aliphatic rings. The molecule has 0 aliphatic carbocycles. The first-order valence-electron chi connectivity index (χ1n) is 5.19. The lowest BCUT2D eigenvalue weighted by Crippen LogP contribution is -2.14. The highest BCUT2D eigenvalue weighted by Gasteiger charge is 2.04. The van der Waals surface area contributed by atoms with Gasteiger partial charge in [0.15, 0.2) is 0 Å². The van der Waals surface area contributed by atoms with Crippen molar-refractivity contribution >= 4 is 24.9 Å². The van der Waals surface area contributed by atoms with Crippen molar-refractivity contribution in [2.45, 2.75) is 0 Å². The summed E-state index contributed by atoms with van der Waals surface area (Å²) in [5, 5.41) is 2.85. The van der Waals surface area contributed by atoms with E-state index >= 15 is 0 Å². The molecule has 0 fully saturated rings. The highest BCUT2D eigenvalue weighted by molar-refractivity contribution is 6.32. The normalized spacial score (nSPS) is 9.75. The third-order valence-electron chi connectivity index (χ3n) is 2.31. The van der Waals surface area contributed by atoms with Gasteiger partial charge in [-0.05, 0) is 18.2 Å². The van der Waals surface area contributed by atoms with Crippen LogP contribution in [0.5, 0.6) is 0 Å². The molecule has 0 heterocycles. The van der Waals surface area contributed by atoms with Crippen molar-refractivity contribution in [3.63, 3.8) is 0 Å². The van der Waals surface area contributed by atoms with Crippen molar-refractivity contribution in [3.05, 3.63) is 60.2 Å². The van der Waals surface area contributed by atoms with E-state index in [1.807, 2.05) is 62.4 Å². The highest BCUT2D eigenvalue weighted by atomic mass is 16.1. The first-order valence-corrected chi connectivity index (χ1v) is 5.19. The molecule has 0 unspecified atom stereocenters. The molecule has 2 rings (SSSR count). The van der Waals surface area contributed by atoms with Crippen LogP contribution in [0, 0.1) is 0 Å². The van der Waals surface area contributed by atoms with E-state index in [0.29, 0.717) is 5.56 Å². The predicted molar refractivity (Wildman–Crippen MR) is 69.0 cm³/mol. The second-order valence-corrected chi connectivity index (χ2v) is 3.69. The van der Waals surface area contributed by atoms with Crippen molar-refractivity contribution in [2.24, 2.45) is 0 Å². The smallest absolute Gasteiger partial charge is 0.255 e. The molecule has 1 amide bonds. The Hall–Kier alpha value is -2.03. The van der Waals surface area contributed by atoms with Crippen LogP contribution in [0.2, 0.25) is 0 Å². The van der Waals surface area contributed by atoms with E-state index in [2.05, 4.69) is 5.32 Å². The van der Waals surface area contributed by atoms with Gasteiger partial charge in [0, 0.05) is 11.3 Å². The van der Waals surface area contributed by atoms with Crippen molar-refractivity contribution in [3.8, 4) is 0 Å². The molecule has 2 nitrogen and oxygen atoms in total. The molecule has 0 atom stereocenters. The molecule has 78 valence electrons. The number of rotatable bonds is 2. The van der Waals surface area contributed by atoms with Crippen molar-refractivity contribution in [1.29, 1.82) is 0 Å². The van der Waals surface area contributed by atoms with Crippen LogP contribution in [0.3, 0.4) is 0 Å². The molecular formula is C13H12BNO. The summed E-state index contributed by atoms with van der Waals surface area (Å²) < 4.78 is 0. The van der Waals surface area contributed by atoms with Crippen LogP contribution in [0.25, 0.3) is 0 Å². The molecule has 0 aliphatic heterocycles. The zero-order chi connectivity index (χ0) is 11.4. The maximum Gasteiger partial charge on any atom is 0.255 e. The van der Waals surface area contributed by atoms with Crippen LogP contribution >= 0.6 is 0 Å². The Morgan fingerprint density at radius 2 is 1.75 bits per heavy atom. The fourth-order valence-electron chi connectivity index (χ4n) is 1.51. The Labute approximate surface area is 95.7 Å². The van der Waals surface area contributed by atoms with Gasteiger partial charge in [-0.25, -0.2) is 0 Å². The standard InChI is InChI=1S/C13H12BNO/c14-11-6-4-5-10(9-11)13(16)15-12-7-2-1-3-8-12/h1-9H,14H2,(H,15,16). The minimum atomic E-state index is -0.0742. The van der Waals surface area contributed by atoms with E-state index in [4.69, 9.17) is 0 Å². The van der Waals surface area contributed by atoms with Gasteiger partial charge in [-0.15, -0.1) is 0 Å². The average Bonchev–Trinajstić information content (AvgIpc) is 2.30. The molecule has 0 spiro atoms. The lowest BCUT2D eigenvalue weighted by molar-refractivity contribution is 0.102. The van der Waals surface area contributed by atoms with Crippen LogP contribution in [-0.4, -0.2) is 13.8 Å². The SMILES string of the molecule is Bc1cccc(C(=O)Nc2ccccc2)c1. The summed E-state index contributed by atoms with van der Waals surface area (Å²) in [6.07, 6.45) is 0. The van der Waals surface area contributed by atoms with E-state index in [1.165, 1.54) is 0 Å². The summed E-state index contributed by atoms with van der Waals surface area (Å²) in [5.41, 5.74) is 2.58. The van der Waals surface area contributed by atoms with Gasteiger partial charge in [0.1, 0.15) is 7.85 Å². The fourth-order valence-corrected chi connectivity index (χ4v) is 1.51. The zero-order valence-corrected chi connectivity index (χ0v) is 9.10. The molecule has 0 saturated heterocycles. The Balaban J connectivity index is 2.15. The number of carbonyl (C=O) groups excluding carboxylic acids is 1. The van der Waals surface area contributed by atoms with Gasteiger partial charge in [-0.1, -0.05) is 41.9 Å². The summed E-state index contributed by atoms with van der Waals surface area (Å²) in [6, 6.07) is 17.0. The first kappa shape index (κ1) is 10.5. The van der Waals surface area contributed by atoms with Crippen LogP contribution < -0.4 is 10.8 Å². The highest BCUT2D eigenvalue weighted by Crippen LogP contribution is 2.07. The second-order valence-electron chi connectivity index (χ2n) is 3.69. The van der Waals surface area contributed by atoms with Crippen LogP contribution in [-0.2, 0) is 0 Å². The average molecular weight is 209 g/mol. The van der Waals surface area contributed by atoms with Gasteiger partial charge in [0.25, 0.3) is 5.91 Å². The van der Waals surface area contributed by atoms with Crippen LogP contribution in [0.4, 0.5) is 5.69 Å². The minimum absolute atomic E-state index is 0.0742. The number of hydrogen-bond acceptors (Lipinski definition) is 1. The summed E-state index contributed by atoms with van der Waals surface area (Å²) >= 11 is 0. The van der Waals surface area contributed by atoms with E-state index < -0.39 is 0 Å². The monoisotopic (exact) mass is 209 g/mol. The quantitative estimate of drug-likeness (QED) is 0.739. The Bertz CT molecular complexity index is 496. The van der Waals surface area contributed by atoms with Gasteiger partial charge in [0.2, 0.25) is 0 Å². The van der Waals surface area contributed by atoms with Gasteiger partial charge < -0.3 is 5.32 Å². The Morgan fingerprint density at radius 3 is 2.44 bits per heavy atom. The first-order chi connectivity index (χ1) is 7.75. The number of anilines is 1. The molecule has 1 N–H and O–H groups in total. The topological polar surface area (TPSA) is 29.1 Å². The van der Waals surface area contributed by atoms with Crippen molar-refractivity contribution in [1.82, 2.24) is 0 Å². The lowest BCUT2D eigenvalue weighted by atomic mass is 9.94. The number of carbonyl (C=O) groups is 1. The third-order valence-corrected chi connectivity index (χ3v) is 2.31. The largest absolute Gasteiger partial charge is 0.322 e. The molecule has 0 radical (unpaired) electrons. The molecule has 2 aromatic carbocycles. The van der Waals surface area contributed by atoms with Gasteiger partial charge in [-0.3, -0.25) is 4.79 Å². The number of para-hydroxylation sites is 1.